The van der Waals surface area contributed by atoms with Gasteiger partial charge in [0.1, 0.15) is 17.5 Å². The highest BCUT2D eigenvalue weighted by Gasteiger charge is 2.33. The zero-order valence-corrected chi connectivity index (χ0v) is 18.5. The van der Waals surface area contributed by atoms with E-state index >= 15 is 0 Å². The maximum Gasteiger partial charge on any atom is 0.328 e. The lowest BCUT2D eigenvalue weighted by molar-refractivity contribution is -0.148. The fraction of sp³-hybridized carbons (Fsp3) is 0.348. The number of aromatic nitrogens is 2. The molecule has 1 saturated heterocycles. The summed E-state index contributed by atoms with van der Waals surface area (Å²) >= 11 is 0. The molecule has 35 heavy (non-hydrogen) atoms. The molecule has 12 nitrogen and oxygen atoms in total. The number of pyridine rings is 1. The van der Waals surface area contributed by atoms with E-state index in [0.717, 1.165) is 0 Å². The number of nitrogens with zero attached hydrogens (tertiary/aromatic N) is 2. The Morgan fingerprint density at radius 2 is 1.94 bits per heavy atom. The normalized spacial score (nSPS) is 16.5. The monoisotopic (exact) mass is 484 g/mol. The van der Waals surface area contributed by atoms with Gasteiger partial charge in [0, 0.05) is 35.7 Å². The fourth-order valence-corrected chi connectivity index (χ4v) is 4.35. The van der Waals surface area contributed by atoms with E-state index in [2.05, 4.69) is 15.3 Å². The van der Waals surface area contributed by atoms with Crippen LogP contribution in [-0.2, 0) is 20.8 Å². The molecule has 0 bridgehead atoms. The summed E-state index contributed by atoms with van der Waals surface area (Å²) in [5.41, 5.74) is 1.39. The topological polar surface area (TPSA) is 193 Å². The van der Waals surface area contributed by atoms with Crippen LogP contribution in [0.5, 0.6) is 5.75 Å². The summed E-state index contributed by atoms with van der Waals surface area (Å²) in [7, 11) is 0. The van der Waals surface area contributed by atoms with Crippen molar-refractivity contribution in [1.29, 1.82) is 0 Å². The molecule has 3 heterocycles. The van der Waals surface area contributed by atoms with Crippen LogP contribution in [0, 0.1) is 0 Å². The number of carboxylic acids is 2. The molecule has 2 atom stereocenters. The Morgan fingerprint density at radius 3 is 2.63 bits per heavy atom. The number of phenols is 1. The van der Waals surface area contributed by atoms with Gasteiger partial charge in [-0.05, 0) is 37.1 Å². The lowest BCUT2D eigenvalue weighted by atomic mass is 10.1. The highest BCUT2D eigenvalue weighted by Crippen LogP contribution is 2.31. The Bertz CT molecular complexity index is 1330. The molecule has 1 aromatic carbocycles. The summed E-state index contributed by atoms with van der Waals surface area (Å²) in [6.07, 6.45) is 1.02. The Balaban J connectivity index is 1.70. The molecule has 0 spiro atoms. The van der Waals surface area contributed by atoms with Crippen LogP contribution in [0.2, 0.25) is 0 Å². The number of H-pyrrole nitrogens is 1. The smallest absolute Gasteiger partial charge is 0.328 e. The van der Waals surface area contributed by atoms with Crippen LogP contribution < -0.4 is 5.32 Å². The van der Waals surface area contributed by atoms with E-state index in [1.165, 1.54) is 23.1 Å². The molecular weight excluding hydrogens is 460 g/mol. The van der Waals surface area contributed by atoms with Crippen LogP contribution >= 0.6 is 0 Å². The molecular formula is C23H24N4O8. The minimum atomic E-state index is -1.53. The number of carboxylic acid groups (broad SMARTS) is 2. The molecule has 0 radical (unpaired) electrons. The van der Waals surface area contributed by atoms with Gasteiger partial charge in [-0.15, -0.1) is 0 Å². The molecule has 1 aliphatic rings. The Kier molecular flexibility index (Phi) is 6.56. The van der Waals surface area contributed by atoms with E-state index in [0.29, 0.717) is 46.9 Å². The number of benzene rings is 1. The summed E-state index contributed by atoms with van der Waals surface area (Å²) in [6.45, 7) is -0.462. The number of amides is 2. The number of rotatable bonds is 8. The number of phenolic OH excluding ortho intramolecular Hbond substituents is 1. The van der Waals surface area contributed by atoms with Gasteiger partial charge in [-0.3, -0.25) is 9.59 Å². The number of aryl methyl sites for hydroxylation is 1. The van der Waals surface area contributed by atoms with E-state index < -0.39 is 36.5 Å². The second-order valence-corrected chi connectivity index (χ2v) is 8.36. The molecule has 0 unspecified atom stereocenters. The second kappa shape index (κ2) is 9.58. The van der Waals surface area contributed by atoms with Crippen molar-refractivity contribution in [1.82, 2.24) is 20.2 Å². The highest BCUT2D eigenvalue weighted by molar-refractivity contribution is 6.10. The first kappa shape index (κ1) is 24.0. The lowest BCUT2D eigenvalue weighted by Gasteiger charge is -2.21. The number of aromatic amines is 1. The van der Waals surface area contributed by atoms with Gasteiger partial charge in [0.25, 0.3) is 5.91 Å². The molecule has 6 N–H and O–H groups in total. The van der Waals surface area contributed by atoms with Crippen molar-refractivity contribution >= 4 is 45.6 Å². The summed E-state index contributed by atoms with van der Waals surface area (Å²) in [5, 5.41) is 41.0. The summed E-state index contributed by atoms with van der Waals surface area (Å²) in [6, 6.07) is 3.68. The molecule has 2 aromatic heterocycles. The third-order valence-electron chi connectivity index (χ3n) is 6.10. The molecule has 1 fully saturated rings. The number of carbonyl (C=O) groups is 4. The number of aliphatic hydroxyl groups is 1. The number of fused-ring (bicyclic) bond motifs is 3. The second-order valence-electron chi connectivity index (χ2n) is 8.36. The number of hydrogen-bond donors (Lipinski definition) is 6. The number of nitrogens with one attached hydrogen (secondary N) is 2. The maximum atomic E-state index is 12.8. The van der Waals surface area contributed by atoms with E-state index in [-0.39, 0.29) is 30.2 Å². The Labute approximate surface area is 198 Å². The number of aliphatic hydroxyl groups excluding tert-OH is 1. The molecule has 0 saturated carbocycles. The number of aromatic hydroxyl groups is 1. The third-order valence-corrected chi connectivity index (χ3v) is 6.10. The number of likely N-dealkylation sites (tertiary alicyclic amines) is 1. The number of carbonyl (C=O) groups excluding carboxylic acids is 2. The summed E-state index contributed by atoms with van der Waals surface area (Å²) < 4.78 is 0. The molecule has 12 heteroatoms. The third kappa shape index (κ3) is 4.73. The van der Waals surface area contributed by atoms with Gasteiger partial charge in [0.15, 0.2) is 6.04 Å². The summed E-state index contributed by atoms with van der Waals surface area (Å²) in [4.78, 5) is 57.0. The molecule has 4 rings (SSSR count). The van der Waals surface area contributed by atoms with E-state index in [1.54, 1.807) is 6.07 Å². The van der Waals surface area contributed by atoms with Crippen molar-refractivity contribution < 1.29 is 39.6 Å². The lowest BCUT2D eigenvalue weighted by Crippen LogP contribution is -2.43. The van der Waals surface area contributed by atoms with Gasteiger partial charge in [0.05, 0.1) is 17.8 Å². The van der Waals surface area contributed by atoms with Crippen LogP contribution in [0.3, 0.4) is 0 Å². The van der Waals surface area contributed by atoms with E-state index in [1.807, 2.05) is 0 Å². The van der Waals surface area contributed by atoms with Crippen molar-refractivity contribution in [3.8, 4) is 5.75 Å². The first-order valence-electron chi connectivity index (χ1n) is 11.0. The van der Waals surface area contributed by atoms with Crippen LogP contribution in [0.15, 0.2) is 24.3 Å². The minimum absolute atomic E-state index is 0.00194. The fourth-order valence-electron chi connectivity index (χ4n) is 4.35. The zero-order valence-electron chi connectivity index (χ0n) is 18.5. The molecule has 184 valence electrons. The maximum absolute atomic E-state index is 12.8. The van der Waals surface area contributed by atoms with Gasteiger partial charge in [0.2, 0.25) is 5.91 Å². The average molecular weight is 484 g/mol. The van der Waals surface area contributed by atoms with Crippen molar-refractivity contribution in [2.45, 2.75) is 37.8 Å². The average Bonchev–Trinajstić information content (AvgIpc) is 3.45. The van der Waals surface area contributed by atoms with E-state index in [9.17, 15) is 34.5 Å². The first-order valence-corrected chi connectivity index (χ1v) is 11.0. The SMILES string of the molecule is O=C(N[C@@H](CO)C(=O)O)c1cc2c([nH]c3ccc(O)cc32)c(CCC(=O)N2CCC[C@H]2C(=O)O)n1. The zero-order chi connectivity index (χ0) is 25.3. The molecule has 1 aliphatic heterocycles. The van der Waals surface area contributed by atoms with Crippen molar-refractivity contribution in [2.24, 2.45) is 0 Å². The van der Waals surface area contributed by atoms with Crippen LogP contribution in [0.4, 0.5) is 0 Å². The molecule has 0 aliphatic carbocycles. The highest BCUT2D eigenvalue weighted by atomic mass is 16.4. The van der Waals surface area contributed by atoms with Gasteiger partial charge in [-0.1, -0.05) is 0 Å². The van der Waals surface area contributed by atoms with Crippen molar-refractivity contribution in [2.75, 3.05) is 13.2 Å². The Hall–Kier alpha value is -4.19. The van der Waals surface area contributed by atoms with Gasteiger partial charge < -0.3 is 35.6 Å². The number of aliphatic carboxylic acids is 2. The first-order chi connectivity index (χ1) is 16.7. The van der Waals surface area contributed by atoms with Gasteiger partial charge >= 0.3 is 11.9 Å². The standard InChI is InChI=1S/C23H24N4O8/c28-10-17(22(32)33)26-21(31)16-9-13-12-8-11(29)3-4-14(12)25-20(13)15(24-16)5-6-19(30)27-7-1-2-18(27)23(34)35/h3-4,8-9,17-18,25,28-29H,1-2,5-7,10H2,(H,26,31)(H,32,33)(H,34,35)/t17-,18-/m0/s1. The van der Waals surface area contributed by atoms with Crippen LogP contribution in [-0.4, -0.2) is 84.3 Å². The van der Waals surface area contributed by atoms with Crippen LogP contribution in [0.25, 0.3) is 21.8 Å². The number of hydrogen-bond acceptors (Lipinski definition) is 7. The predicted molar refractivity (Wildman–Crippen MR) is 122 cm³/mol. The molecule has 2 amide bonds. The quantitative estimate of drug-likeness (QED) is 0.266. The Morgan fingerprint density at radius 1 is 1.17 bits per heavy atom. The van der Waals surface area contributed by atoms with E-state index in [4.69, 9.17) is 5.11 Å². The van der Waals surface area contributed by atoms with Crippen molar-refractivity contribution in [3.63, 3.8) is 0 Å². The predicted octanol–water partition coefficient (Wildman–Crippen LogP) is 0.605. The minimum Gasteiger partial charge on any atom is -0.508 e. The largest absolute Gasteiger partial charge is 0.508 e. The van der Waals surface area contributed by atoms with Gasteiger partial charge in [-0.2, -0.15) is 0 Å². The molecule has 3 aromatic rings. The van der Waals surface area contributed by atoms with Crippen molar-refractivity contribution in [3.05, 3.63) is 35.7 Å². The summed E-state index contributed by atoms with van der Waals surface area (Å²) in [5.74, 6) is -3.65. The van der Waals surface area contributed by atoms with Crippen LogP contribution in [0.1, 0.15) is 35.4 Å². The van der Waals surface area contributed by atoms with Gasteiger partial charge in [-0.25, -0.2) is 14.6 Å².